The van der Waals surface area contributed by atoms with Gasteiger partial charge >= 0.3 is 0 Å². The Kier molecular flexibility index (Phi) is 4.36. The lowest BCUT2D eigenvalue weighted by molar-refractivity contribution is 0.235. The van der Waals surface area contributed by atoms with Crippen LogP contribution in [0.25, 0.3) is 0 Å². The Morgan fingerprint density at radius 3 is 2.19 bits per heavy atom. The summed E-state index contributed by atoms with van der Waals surface area (Å²) in [4.78, 5) is 0. The van der Waals surface area contributed by atoms with Gasteiger partial charge in [0.05, 0.1) is 0 Å². The van der Waals surface area contributed by atoms with Crippen molar-refractivity contribution in [1.29, 1.82) is 0 Å². The first kappa shape index (κ1) is 13.0. The molecule has 0 aliphatic carbocycles. The molecule has 0 saturated carbocycles. The summed E-state index contributed by atoms with van der Waals surface area (Å²) < 4.78 is 0. The van der Waals surface area contributed by atoms with Crippen LogP contribution in [0.3, 0.4) is 0 Å². The van der Waals surface area contributed by atoms with E-state index in [2.05, 4.69) is 26.1 Å². The van der Waals surface area contributed by atoms with Crippen molar-refractivity contribution in [2.45, 2.75) is 27.2 Å². The van der Waals surface area contributed by atoms with E-state index in [9.17, 15) is 5.11 Å². The van der Waals surface area contributed by atoms with Gasteiger partial charge in [-0.2, -0.15) is 0 Å². The SMILES string of the molecule is CNCC(Cc1ccc(O)cc1)C(C)(C)C. The predicted octanol–water partition coefficient (Wildman–Crippen LogP) is 2.82. The summed E-state index contributed by atoms with van der Waals surface area (Å²) in [6, 6.07) is 7.52. The van der Waals surface area contributed by atoms with Crippen molar-refractivity contribution in [2.24, 2.45) is 11.3 Å². The van der Waals surface area contributed by atoms with Crippen LogP contribution < -0.4 is 5.32 Å². The molecule has 1 rings (SSSR count). The molecule has 0 radical (unpaired) electrons. The zero-order valence-corrected chi connectivity index (χ0v) is 10.7. The van der Waals surface area contributed by atoms with E-state index < -0.39 is 0 Å². The largest absolute Gasteiger partial charge is 0.508 e. The summed E-state index contributed by atoms with van der Waals surface area (Å²) in [5, 5.41) is 12.5. The molecule has 0 aliphatic heterocycles. The summed E-state index contributed by atoms with van der Waals surface area (Å²) in [5.74, 6) is 0.937. The lowest BCUT2D eigenvalue weighted by atomic mass is 9.77. The minimum atomic E-state index is 0.293. The third-order valence-electron chi connectivity index (χ3n) is 3.09. The van der Waals surface area contributed by atoms with Crippen LogP contribution >= 0.6 is 0 Å². The quantitative estimate of drug-likeness (QED) is 0.819. The third kappa shape index (κ3) is 3.86. The van der Waals surface area contributed by atoms with Crippen LogP contribution in [0.1, 0.15) is 26.3 Å². The number of benzene rings is 1. The van der Waals surface area contributed by atoms with Crippen molar-refractivity contribution in [3.05, 3.63) is 29.8 Å². The molecule has 2 heteroatoms. The van der Waals surface area contributed by atoms with E-state index in [1.807, 2.05) is 19.2 Å². The normalized spacial score (nSPS) is 13.8. The summed E-state index contributed by atoms with van der Waals surface area (Å²) in [5.41, 5.74) is 1.58. The summed E-state index contributed by atoms with van der Waals surface area (Å²) in [7, 11) is 2.00. The van der Waals surface area contributed by atoms with Crippen molar-refractivity contribution in [2.75, 3.05) is 13.6 Å². The van der Waals surface area contributed by atoms with Crippen LogP contribution in [-0.2, 0) is 6.42 Å². The van der Waals surface area contributed by atoms with Crippen molar-refractivity contribution >= 4 is 0 Å². The maximum atomic E-state index is 9.24. The Bertz CT molecular complexity index is 311. The van der Waals surface area contributed by atoms with Crippen molar-refractivity contribution < 1.29 is 5.11 Å². The Balaban J connectivity index is 2.72. The summed E-state index contributed by atoms with van der Waals surface area (Å²) in [6.45, 7) is 7.84. The Morgan fingerprint density at radius 1 is 1.19 bits per heavy atom. The molecular formula is C14H23NO. The van der Waals surface area contributed by atoms with E-state index in [1.54, 1.807) is 12.1 Å². The average molecular weight is 221 g/mol. The van der Waals surface area contributed by atoms with E-state index in [4.69, 9.17) is 0 Å². The molecule has 1 atom stereocenters. The molecule has 0 fully saturated rings. The fourth-order valence-corrected chi connectivity index (χ4v) is 1.85. The van der Waals surface area contributed by atoms with Crippen LogP contribution in [0.5, 0.6) is 5.75 Å². The zero-order chi connectivity index (χ0) is 12.2. The first-order valence-electron chi connectivity index (χ1n) is 5.86. The molecule has 16 heavy (non-hydrogen) atoms. The highest BCUT2D eigenvalue weighted by molar-refractivity contribution is 5.26. The fraction of sp³-hybridized carbons (Fsp3) is 0.571. The summed E-state index contributed by atoms with van der Waals surface area (Å²) >= 11 is 0. The third-order valence-corrected chi connectivity index (χ3v) is 3.09. The minimum Gasteiger partial charge on any atom is -0.508 e. The van der Waals surface area contributed by atoms with Gasteiger partial charge in [-0.1, -0.05) is 32.9 Å². The Labute approximate surface area is 98.7 Å². The monoisotopic (exact) mass is 221 g/mol. The number of aromatic hydroxyl groups is 1. The van der Waals surface area contributed by atoms with E-state index in [0.717, 1.165) is 13.0 Å². The summed E-state index contributed by atoms with van der Waals surface area (Å²) in [6.07, 6.45) is 1.05. The van der Waals surface area contributed by atoms with Crippen LogP contribution in [-0.4, -0.2) is 18.7 Å². The van der Waals surface area contributed by atoms with Crippen LogP contribution in [0.4, 0.5) is 0 Å². The number of hydrogen-bond donors (Lipinski definition) is 2. The fourth-order valence-electron chi connectivity index (χ4n) is 1.85. The molecule has 0 aromatic heterocycles. The molecule has 0 spiro atoms. The second-order valence-corrected chi connectivity index (χ2v) is 5.49. The Morgan fingerprint density at radius 2 is 1.75 bits per heavy atom. The van der Waals surface area contributed by atoms with E-state index in [-0.39, 0.29) is 0 Å². The molecule has 0 bridgehead atoms. The second-order valence-electron chi connectivity index (χ2n) is 5.49. The molecule has 0 amide bonds. The average Bonchev–Trinajstić information content (AvgIpc) is 2.19. The van der Waals surface area contributed by atoms with Gasteiger partial charge < -0.3 is 10.4 Å². The van der Waals surface area contributed by atoms with Crippen LogP contribution in [0, 0.1) is 11.3 Å². The highest BCUT2D eigenvalue weighted by atomic mass is 16.3. The lowest BCUT2D eigenvalue weighted by Crippen LogP contribution is -2.31. The van der Waals surface area contributed by atoms with Crippen molar-refractivity contribution in [3.63, 3.8) is 0 Å². The molecule has 1 aromatic carbocycles. The molecule has 0 saturated heterocycles. The molecule has 2 N–H and O–H groups in total. The van der Waals surface area contributed by atoms with Gasteiger partial charge in [0.2, 0.25) is 0 Å². The zero-order valence-electron chi connectivity index (χ0n) is 10.7. The Hall–Kier alpha value is -1.02. The maximum Gasteiger partial charge on any atom is 0.115 e. The van der Waals surface area contributed by atoms with Gasteiger partial charge in [-0.3, -0.25) is 0 Å². The number of phenolic OH excluding ortho intramolecular Hbond substituents is 1. The first-order valence-corrected chi connectivity index (χ1v) is 5.86. The number of phenols is 1. The van der Waals surface area contributed by atoms with Crippen LogP contribution in [0.2, 0.25) is 0 Å². The second kappa shape index (κ2) is 5.35. The molecular weight excluding hydrogens is 198 g/mol. The van der Waals surface area contributed by atoms with Gasteiger partial charge in [-0.15, -0.1) is 0 Å². The standard InChI is InChI=1S/C14H23NO/c1-14(2,3)12(10-15-4)9-11-5-7-13(16)8-6-11/h5-8,12,15-16H,9-10H2,1-4H3. The molecule has 2 nitrogen and oxygen atoms in total. The topological polar surface area (TPSA) is 32.3 Å². The van der Waals surface area contributed by atoms with Gasteiger partial charge in [0, 0.05) is 0 Å². The number of nitrogens with one attached hydrogen (secondary N) is 1. The molecule has 90 valence electrons. The van der Waals surface area contributed by atoms with Gasteiger partial charge in [-0.25, -0.2) is 0 Å². The van der Waals surface area contributed by atoms with E-state index >= 15 is 0 Å². The van der Waals surface area contributed by atoms with Gasteiger partial charge in [0.25, 0.3) is 0 Å². The van der Waals surface area contributed by atoms with Crippen molar-refractivity contribution in [3.8, 4) is 5.75 Å². The van der Waals surface area contributed by atoms with Crippen molar-refractivity contribution in [1.82, 2.24) is 5.32 Å². The smallest absolute Gasteiger partial charge is 0.115 e. The number of hydrogen-bond acceptors (Lipinski definition) is 2. The molecule has 0 heterocycles. The lowest BCUT2D eigenvalue weighted by Gasteiger charge is -2.30. The van der Waals surface area contributed by atoms with Crippen LogP contribution in [0.15, 0.2) is 24.3 Å². The maximum absolute atomic E-state index is 9.24. The predicted molar refractivity (Wildman–Crippen MR) is 68.7 cm³/mol. The minimum absolute atomic E-state index is 0.293. The molecule has 0 aliphatic rings. The van der Waals surface area contributed by atoms with Gasteiger partial charge in [0.1, 0.15) is 5.75 Å². The highest BCUT2D eigenvalue weighted by Crippen LogP contribution is 2.28. The first-order chi connectivity index (χ1) is 7.43. The highest BCUT2D eigenvalue weighted by Gasteiger charge is 2.23. The van der Waals surface area contributed by atoms with E-state index in [1.165, 1.54) is 5.56 Å². The van der Waals surface area contributed by atoms with E-state index in [0.29, 0.717) is 17.1 Å². The van der Waals surface area contributed by atoms with Gasteiger partial charge in [0.15, 0.2) is 0 Å². The molecule has 1 aromatic rings. The number of rotatable bonds is 4. The van der Waals surface area contributed by atoms with Gasteiger partial charge in [-0.05, 0) is 49.0 Å². The molecule has 1 unspecified atom stereocenters.